The second-order valence-corrected chi connectivity index (χ2v) is 6.24. The first kappa shape index (κ1) is 12.6. The van der Waals surface area contributed by atoms with E-state index < -0.39 is 0 Å². The van der Waals surface area contributed by atoms with Crippen LogP contribution in [0.1, 0.15) is 30.6 Å². The van der Waals surface area contributed by atoms with Crippen LogP contribution in [0.5, 0.6) is 5.88 Å². The van der Waals surface area contributed by atoms with E-state index in [2.05, 4.69) is 28.4 Å². The molecule has 5 nitrogen and oxygen atoms in total. The summed E-state index contributed by atoms with van der Waals surface area (Å²) in [5, 5.41) is 0.982. The van der Waals surface area contributed by atoms with Gasteiger partial charge in [0, 0.05) is 4.88 Å². The Hall–Kier alpha value is -1.40. The topological polar surface area (TPSA) is 73.1 Å². The van der Waals surface area contributed by atoms with Crippen LogP contribution in [0.25, 0.3) is 10.2 Å². The minimum Gasteiger partial charge on any atom is -0.477 e. The van der Waals surface area contributed by atoms with Gasteiger partial charge in [-0.05, 0) is 25.3 Å². The first-order valence-corrected chi connectivity index (χ1v) is 7.45. The number of hydrogen-bond acceptors (Lipinski definition) is 6. The molecule has 1 saturated carbocycles. The predicted octanol–water partition coefficient (Wildman–Crippen LogP) is 2.85. The van der Waals surface area contributed by atoms with Gasteiger partial charge in [-0.15, -0.1) is 11.3 Å². The van der Waals surface area contributed by atoms with E-state index >= 15 is 0 Å². The standard InChI is InChI=1S/C13H18N4OS/c1-8-7-10-11(18-6-5-9-3-2-4-9)15-13(17-14)16-12(10)19-8/h7,9H,2-6,14H2,1H3,(H,15,16,17). The van der Waals surface area contributed by atoms with Gasteiger partial charge in [0.15, 0.2) is 0 Å². The maximum Gasteiger partial charge on any atom is 0.241 e. The van der Waals surface area contributed by atoms with Gasteiger partial charge in [0.2, 0.25) is 11.8 Å². The fourth-order valence-electron chi connectivity index (χ4n) is 2.29. The Labute approximate surface area is 116 Å². The summed E-state index contributed by atoms with van der Waals surface area (Å²) in [6.45, 7) is 2.77. The third-order valence-electron chi connectivity index (χ3n) is 3.60. The lowest BCUT2D eigenvalue weighted by atomic mass is 9.83. The largest absolute Gasteiger partial charge is 0.477 e. The van der Waals surface area contributed by atoms with Crippen molar-refractivity contribution in [1.29, 1.82) is 0 Å². The Balaban J connectivity index is 1.78. The van der Waals surface area contributed by atoms with E-state index in [4.69, 9.17) is 10.6 Å². The molecule has 0 bridgehead atoms. The smallest absolute Gasteiger partial charge is 0.241 e. The zero-order valence-electron chi connectivity index (χ0n) is 11.0. The highest BCUT2D eigenvalue weighted by molar-refractivity contribution is 7.18. The van der Waals surface area contributed by atoms with E-state index in [0.717, 1.165) is 29.2 Å². The predicted molar refractivity (Wildman–Crippen MR) is 77.4 cm³/mol. The normalized spacial score (nSPS) is 15.5. The van der Waals surface area contributed by atoms with Crippen LogP contribution in [0.2, 0.25) is 0 Å². The number of hydrazine groups is 1. The van der Waals surface area contributed by atoms with Crippen molar-refractivity contribution in [3.63, 3.8) is 0 Å². The molecule has 2 aromatic heterocycles. The second-order valence-electron chi connectivity index (χ2n) is 5.01. The van der Waals surface area contributed by atoms with Crippen molar-refractivity contribution in [2.24, 2.45) is 11.8 Å². The van der Waals surface area contributed by atoms with Gasteiger partial charge in [-0.1, -0.05) is 19.3 Å². The fraction of sp³-hybridized carbons (Fsp3) is 0.538. The number of rotatable bonds is 5. The molecular formula is C13H18N4OS. The molecule has 19 heavy (non-hydrogen) atoms. The van der Waals surface area contributed by atoms with E-state index in [9.17, 15) is 0 Å². The molecule has 1 fully saturated rings. The molecule has 0 atom stereocenters. The van der Waals surface area contributed by atoms with Crippen molar-refractivity contribution >= 4 is 27.5 Å². The molecule has 6 heteroatoms. The van der Waals surface area contributed by atoms with Crippen LogP contribution in [0, 0.1) is 12.8 Å². The molecule has 3 N–H and O–H groups in total. The van der Waals surface area contributed by atoms with E-state index in [0.29, 0.717) is 11.8 Å². The van der Waals surface area contributed by atoms with E-state index in [1.807, 2.05) is 0 Å². The average molecular weight is 278 g/mol. The van der Waals surface area contributed by atoms with Crippen molar-refractivity contribution in [2.45, 2.75) is 32.6 Å². The van der Waals surface area contributed by atoms with Crippen LogP contribution in [0.4, 0.5) is 5.95 Å². The summed E-state index contributed by atoms with van der Waals surface area (Å²) in [4.78, 5) is 10.8. The quantitative estimate of drug-likeness (QED) is 0.650. The molecular weight excluding hydrogens is 260 g/mol. The lowest BCUT2D eigenvalue weighted by molar-refractivity contribution is 0.219. The molecule has 3 rings (SSSR count). The summed E-state index contributed by atoms with van der Waals surface area (Å²) in [6.07, 6.45) is 5.17. The molecule has 2 heterocycles. The number of fused-ring (bicyclic) bond motifs is 1. The van der Waals surface area contributed by atoms with Gasteiger partial charge in [-0.2, -0.15) is 4.98 Å². The molecule has 1 aliphatic rings. The Bertz CT molecular complexity index is 579. The molecule has 0 unspecified atom stereocenters. The molecule has 0 saturated heterocycles. The van der Waals surface area contributed by atoms with E-state index in [-0.39, 0.29) is 0 Å². The molecule has 1 aliphatic carbocycles. The number of aryl methyl sites for hydroxylation is 1. The molecule has 0 amide bonds. The lowest BCUT2D eigenvalue weighted by Gasteiger charge is -2.24. The van der Waals surface area contributed by atoms with Gasteiger partial charge in [-0.25, -0.2) is 10.8 Å². The first-order valence-electron chi connectivity index (χ1n) is 6.64. The highest BCUT2D eigenvalue weighted by Gasteiger charge is 2.18. The Kier molecular flexibility index (Phi) is 3.52. The number of anilines is 1. The van der Waals surface area contributed by atoms with Gasteiger partial charge < -0.3 is 4.74 Å². The van der Waals surface area contributed by atoms with Crippen LogP contribution >= 0.6 is 11.3 Å². The van der Waals surface area contributed by atoms with E-state index in [1.165, 1.54) is 24.1 Å². The minimum absolute atomic E-state index is 0.410. The van der Waals surface area contributed by atoms with Gasteiger partial charge in [0.1, 0.15) is 4.83 Å². The number of nitrogens with zero attached hydrogens (tertiary/aromatic N) is 2. The summed E-state index contributed by atoms with van der Waals surface area (Å²) in [5.74, 6) is 7.29. The number of nitrogens with two attached hydrogens (primary N) is 1. The number of nitrogen functional groups attached to an aromatic ring is 1. The molecule has 0 aliphatic heterocycles. The monoisotopic (exact) mass is 278 g/mol. The maximum absolute atomic E-state index is 5.84. The maximum atomic E-state index is 5.84. The van der Waals surface area contributed by atoms with E-state index in [1.54, 1.807) is 11.3 Å². The number of ether oxygens (including phenoxy) is 1. The second kappa shape index (κ2) is 5.30. The highest BCUT2D eigenvalue weighted by atomic mass is 32.1. The van der Waals surface area contributed by atoms with Crippen LogP contribution in [-0.4, -0.2) is 16.6 Å². The number of aromatic nitrogens is 2. The van der Waals surface area contributed by atoms with Crippen molar-refractivity contribution < 1.29 is 4.74 Å². The summed E-state index contributed by atoms with van der Waals surface area (Å²) in [7, 11) is 0. The Morgan fingerprint density at radius 2 is 2.32 bits per heavy atom. The average Bonchev–Trinajstić information content (AvgIpc) is 2.72. The zero-order chi connectivity index (χ0) is 13.2. The van der Waals surface area contributed by atoms with Gasteiger partial charge in [-0.3, -0.25) is 5.43 Å². The van der Waals surface area contributed by atoms with Crippen molar-refractivity contribution in [2.75, 3.05) is 12.0 Å². The molecule has 0 spiro atoms. The number of hydrogen-bond donors (Lipinski definition) is 2. The van der Waals surface area contributed by atoms with Crippen LogP contribution in [-0.2, 0) is 0 Å². The third kappa shape index (κ3) is 2.64. The summed E-state index contributed by atoms with van der Waals surface area (Å²) < 4.78 is 5.84. The summed E-state index contributed by atoms with van der Waals surface area (Å²) in [5.41, 5.74) is 2.49. The Morgan fingerprint density at radius 3 is 3.00 bits per heavy atom. The first-order chi connectivity index (χ1) is 9.26. The van der Waals surface area contributed by atoms with Gasteiger partial charge >= 0.3 is 0 Å². The van der Waals surface area contributed by atoms with Gasteiger partial charge in [0.25, 0.3) is 0 Å². The van der Waals surface area contributed by atoms with Crippen molar-refractivity contribution in [3.05, 3.63) is 10.9 Å². The number of thiophene rings is 1. The zero-order valence-corrected chi connectivity index (χ0v) is 11.8. The summed E-state index contributed by atoms with van der Waals surface area (Å²) in [6, 6.07) is 2.07. The van der Waals surface area contributed by atoms with Crippen LogP contribution < -0.4 is 16.0 Å². The summed E-state index contributed by atoms with van der Waals surface area (Å²) >= 11 is 1.62. The minimum atomic E-state index is 0.410. The van der Waals surface area contributed by atoms with Gasteiger partial charge in [0.05, 0.1) is 12.0 Å². The van der Waals surface area contributed by atoms with Crippen molar-refractivity contribution in [1.82, 2.24) is 9.97 Å². The lowest BCUT2D eigenvalue weighted by Crippen LogP contribution is -2.15. The molecule has 102 valence electrons. The molecule has 2 aromatic rings. The molecule has 0 aromatic carbocycles. The van der Waals surface area contributed by atoms with Crippen LogP contribution in [0.15, 0.2) is 6.07 Å². The number of nitrogens with one attached hydrogen (secondary N) is 1. The van der Waals surface area contributed by atoms with Crippen molar-refractivity contribution in [3.8, 4) is 5.88 Å². The molecule has 0 radical (unpaired) electrons. The SMILES string of the molecule is Cc1cc2c(OCCC3CCC3)nc(NN)nc2s1. The highest BCUT2D eigenvalue weighted by Crippen LogP contribution is 2.32. The third-order valence-corrected chi connectivity index (χ3v) is 4.54. The van der Waals surface area contributed by atoms with Crippen LogP contribution in [0.3, 0.4) is 0 Å². The Morgan fingerprint density at radius 1 is 1.47 bits per heavy atom. The fourth-order valence-corrected chi connectivity index (χ4v) is 3.16.